The fraction of sp³-hybridized carbons (Fsp3) is 0.462. The molecule has 3 amide bonds. The molecule has 1 unspecified atom stereocenters. The Morgan fingerprint density at radius 3 is 2.40 bits per heavy atom. The third-order valence-electron chi connectivity index (χ3n) is 6.92. The molecule has 2 aliphatic heterocycles. The predicted octanol–water partition coefficient (Wildman–Crippen LogP) is 4.22. The predicted molar refractivity (Wildman–Crippen MR) is 140 cm³/mol. The first-order chi connectivity index (χ1) is 18.9. The number of anilines is 2. The molecule has 218 valence electrons. The monoisotopic (exact) mass is 589 g/mol. The lowest BCUT2D eigenvalue weighted by Gasteiger charge is -2.37. The number of nitrogens with zero attached hydrogens (tertiary/aromatic N) is 3. The molecule has 2 aliphatic rings. The molecule has 2 aromatic rings. The lowest BCUT2D eigenvalue weighted by Crippen LogP contribution is -2.47. The Hall–Kier alpha value is -3.16. The summed E-state index contributed by atoms with van der Waals surface area (Å²) in [5.74, 6) is -3.57. The van der Waals surface area contributed by atoms with Gasteiger partial charge in [-0.1, -0.05) is 17.7 Å². The van der Waals surface area contributed by atoms with E-state index in [1.165, 1.54) is 23.1 Å². The molecule has 1 atom stereocenters. The Bertz CT molecular complexity index is 1240. The third kappa shape index (κ3) is 7.52. The number of alkyl halides is 3. The van der Waals surface area contributed by atoms with Crippen LogP contribution >= 0.6 is 11.6 Å². The molecule has 0 bridgehead atoms. The van der Waals surface area contributed by atoms with E-state index in [2.05, 4.69) is 10.6 Å². The highest BCUT2D eigenvalue weighted by atomic mass is 35.5. The minimum Gasteiger partial charge on any atom is -0.391 e. The Kier molecular flexibility index (Phi) is 9.37. The molecular formula is C26H29ClF5N5O3. The van der Waals surface area contributed by atoms with E-state index in [1.807, 2.05) is 4.90 Å². The van der Waals surface area contributed by atoms with Gasteiger partial charge in [-0.15, -0.1) is 0 Å². The van der Waals surface area contributed by atoms with E-state index >= 15 is 0 Å². The number of nitrogens with one attached hydrogen (secondary N) is 2. The van der Waals surface area contributed by atoms with Crippen molar-refractivity contribution in [3.63, 3.8) is 0 Å². The van der Waals surface area contributed by atoms with E-state index in [4.69, 9.17) is 11.6 Å². The van der Waals surface area contributed by atoms with E-state index in [0.29, 0.717) is 49.9 Å². The van der Waals surface area contributed by atoms with Crippen LogP contribution in [-0.2, 0) is 6.54 Å². The van der Waals surface area contributed by atoms with E-state index in [9.17, 15) is 36.6 Å². The molecule has 40 heavy (non-hydrogen) atoms. The van der Waals surface area contributed by atoms with Gasteiger partial charge in [0.1, 0.15) is 0 Å². The number of aliphatic hydroxyl groups is 1. The first-order valence-corrected chi connectivity index (χ1v) is 13.1. The summed E-state index contributed by atoms with van der Waals surface area (Å²) < 4.78 is 67.4. The van der Waals surface area contributed by atoms with Gasteiger partial charge < -0.3 is 25.5 Å². The summed E-state index contributed by atoms with van der Waals surface area (Å²) in [6, 6.07) is 6.42. The molecule has 2 fully saturated rings. The molecule has 0 radical (unpaired) electrons. The molecule has 8 nitrogen and oxygen atoms in total. The highest BCUT2D eigenvalue weighted by Crippen LogP contribution is 2.31. The Morgan fingerprint density at radius 1 is 1.02 bits per heavy atom. The summed E-state index contributed by atoms with van der Waals surface area (Å²) in [4.78, 5) is 30.0. The summed E-state index contributed by atoms with van der Waals surface area (Å²) in [5, 5.41) is 15.0. The Balaban J connectivity index is 1.40. The number of aliphatic hydroxyl groups excluding tert-OH is 1. The van der Waals surface area contributed by atoms with Gasteiger partial charge in [0, 0.05) is 62.9 Å². The van der Waals surface area contributed by atoms with Crippen molar-refractivity contribution in [1.82, 2.24) is 15.1 Å². The Labute approximate surface area is 232 Å². The van der Waals surface area contributed by atoms with E-state index < -0.39 is 47.8 Å². The smallest absolute Gasteiger partial charge is 0.390 e. The summed E-state index contributed by atoms with van der Waals surface area (Å²) in [6.45, 7) is 1.57. The van der Waals surface area contributed by atoms with Gasteiger partial charge in [0.05, 0.1) is 29.5 Å². The Morgan fingerprint density at radius 2 is 1.75 bits per heavy atom. The van der Waals surface area contributed by atoms with Gasteiger partial charge in [0.25, 0.3) is 5.91 Å². The number of carbonyl (C=O) groups is 2. The van der Waals surface area contributed by atoms with Crippen molar-refractivity contribution >= 4 is 34.9 Å². The van der Waals surface area contributed by atoms with E-state index in [0.717, 1.165) is 6.07 Å². The molecule has 3 N–H and O–H groups in total. The van der Waals surface area contributed by atoms with Gasteiger partial charge in [-0.05, 0) is 30.7 Å². The summed E-state index contributed by atoms with van der Waals surface area (Å²) in [7, 11) is 0. The van der Waals surface area contributed by atoms with Crippen LogP contribution in [0.4, 0.5) is 38.1 Å². The minimum atomic E-state index is -4.24. The molecule has 0 aromatic heterocycles. The first-order valence-electron chi connectivity index (χ1n) is 12.7. The zero-order valence-electron chi connectivity index (χ0n) is 21.4. The summed E-state index contributed by atoms with van der Waals surface area (Å²) in [5.41, 5.74) is 0.0801. The standard InChI is InChI=1S/C26H29ClF5N5O3/c27-17-2-4-20(21(13-17)36-11-9-35(10-12-36)8-6-26(30,31)32)34-24(39)19-3-1-16(22(28)23(19)29)14-33-25(40)37-7-5-18(38)15-37/h1-4,13,18,38H,5-12,14-15H2,(H,33,40)(H,34,39). The summed E-state index contributed by atoms with van der Waals surface area (Å²) in [6.07, 6.45) is -5.32. The molecule has 0 aliphatic carbocycles. The van der Waals surface area contributed by atoms with Gasteiger partial charge in [-0.25, -0.2) is 13.6 Å². The zero-order chi connectivity index (χ0) is 29.0. The topological polar surface area (TPSA) is 88.2 Å². The van der Waals surface area contributed by atoms with Crippen LogP contribution in [0.1, 0.15) is 28.8 Å². The van der Waals surface area contributed by atoms with Gasteiger partial charge in [0.2, 0.25) is 0 Å². The van der Waals surface area contributed by atoms with Gasteiger partial charge in [-0.2, -0.15) is 13.2 Å². The maximum absolute atomic E-state index is 14.9. The molecule has 2 saturated heterocycles. The molecule has 0 saturated carbocycles. The maximum Gasteiger partial charge on any atom is 0.390 e. The van der Waals surface area contributed by atoms with Crippen molar-refractivity contribution in [3.05, 3.63) is 58.1 Å². The van der Waals surface area contributed by atoms with E-state index in [1.54, 1.807) is 11.0 Å². The second-order valence-corrected chi connectivity index (χ2v) is 10.2. The number of hydrogen-bond acceptors (Lipinski definition) is 5. The maximum atomic E-state index is 14.9. The van der Waals surface area contributed by atoms with Crippen LogP contribution in [0.25, 0.3) is 0 Å². The average molecular weight is 590 g/mol. The number of β-amino-alcohol motifs (C(OH)–C–C–N with tert-alkyl or cyclic N) is 1. The number of rotatable bonds is 7. The molecule has 14 heteroatoms. The van der Waals surface area contributed by atoms with Gasteiger partial charge >= 0.3 is 12.2 Å². The number of halogens is 6. The van der Waals surface area contributed by atoms with Crippen LogP contribution in [0.3, 0.4) is 0 Å². The van der Waals surface area contributed by atoms with Gasteiger partial charge in [-0.3, -0.25) is 9.69 Å². The number of benzene rings is 2. The molecule has 4 rings (SSSR count). The third-order valence-corrected chi connectivity index (χ3v) is 7.16. The lowest BCUT2D eigenvalue weighted by molar-refractivity contribution is -0.138. The van der Waals surface area contributed by atoms with Crippen LogP contribution in [-0.4, -0.2) is 84.9 Å². The quantitative estimate of drug-likeness (QED) is 0.421. The zero-order valence-corrected chi connectivity index (χ0v) is 22.2. The molecule has 2 aromatic carbocycles. The van der Waals surface area contributed by atoms with Crippen LogP contribution in [0, 0.1) is 11.6 Å². The highest BCUT2D eigenvalue weighted by Gasteiger charge is 2.29. The number of piperazine rings is 1. The van der Waals surface area contributed by atoms with Gasteiger partial charge in [0.15, 0.2) is 11.6 Å². The molecule has 0 spiro atoms. The first kappa shape index (κ1) is 29.8. The number of carbonyl (C=O) groups excluding carboxylic acids is 2. The van der Waals surface area contributed by atoms with E-state index in [-0.39, 0.29) is 30.9 Å². The average Bonchev–Trinajstić information content (AvgIpc) is 3.35. The number of amides is 3. The van der Waals surface area contributed by atoms with Crippen molar-refractivity contribution in [2.45, 2.75) is 31.7 Å². The number of likely N-dealkylation sites (tertiary alicyclic amines) is 1. The van der Waals surface area contributed by atoms with Crippen LogP contribution in [0.15, 0.2) is 30.3 Å². The number of hydrogen-bond donors (Lipinski definition) is 3. The second-order valence-electron chi connectivity index (χ2n) is 9.76. The summed E-state index contributed by atoms with van der Waals surface area (Å²) >= 11 is 6.15. The molecular weight excluding hydrogens is 561 g/mol. The fourth-order valence-corrected chi connectivity index (χ4v) is 4.84. The highest BCUT2D eigenvalue weighted by molar-refractivity contribution is 6.31. The molecule has 2 heterocycles. The second kappa shape index (κ2) is 12.6. The normalized spacial score (nSPS) is 18.2. The van der Waals surface area contributed by atoms with Crippen molar-refractivity contribution in [3.8, 4) is 0 Å². The van der Waals surface area contributed by atoms with Crippen molar-refractivity contribution in [2.75, 3.05) is 56.0 Å². The van der Waals surface area contributed by atoms with Crippen molar-refractivity contribution in [1.29, 1.82) is 0 Å². The number of urea groups is 1. The fourth-order valence-electron chi connectivity index (χ4n) is 4.67. The van der Waals surface area contributed by atoms with Crippen molar-refractivity contribution in [2.24, 2.45) is 0 Å². The minimum absolute atomic E-state index is 0.109. The van der Waals surface area contributed by atoms with Crippen LogP contribution < -0.4 is 15.5 Å². The SMILES string of the molecule is O=C(Nc1ccc(Cl)cc1N1CCN(CCC(F)(F)F)CC1)c1ccc(CNC(=O)N2CCC(O)C2)c(F)c1F. The van der Waals surface area contributed by atoms with Crippen molar-refractivity contribution < 1.29 is 36.6 Å². The van der Waals surface area contributed by atoms with Crippen LogP contribution in [0.5, 0.6) is 0 Å². The largest absolute Gasteiger partial charge is 0.391 e. The van der Waals surface area contributed by atoms with Crippen LogP contribution in [0.2, 0.25) is 5.02 Å². The lowest BCUT2D eigenvalue weighted by atomic mass is 10.1.